The highest BCUT2D eigenvalue weighted by atomic mass is 32.1. The van der Waals surface area contributed by atoms with Gasteiger partial charge >= 0.3 is 0 Å². The molecule has 0 aliphatic carbocycles. The Morgan fingerprint density at radius 3 is 2.67 bits per heavy atom. The molecule has 0 radical (unpaired) electrons. The zero-order valence-corrected chi connectivity index (χ0v) is 14.6. The average Bonchev–Trinajstić information content (AvgIpc) is 2.97. The second-order valence-electron chi connectivity index (χ2n) is 6.00. The van der Waals surface area contributed by atoms with Crippen molar-refractivity contribution in [2.24, 2.45) is 0 Å². The van der Waals surface area contributed by atoms with Gasteiger partial charge in [-0.15, -0.1) is 11.3 Å². The number of ketones is 1. The van der Waals surface area contributed by atoms with Gasteiger partial charge < -0.3 is 4.90 Å². The third kappa shape index (κ3) is 4.07. The lowest BCUT2D eigenvalue weighted by Crippen LogP contribution is -2.34. The zero-order chi connectivity index (χ0) is 16.9. The third-order valence-electron chi connectivity index (χ3n) is 4.17. The largest absolute Gasteiger partial charge is 0.337 e. The Hall–Kier alpha value is -2.05. The second kappa shape index (κ2) is 7.68. The SMILES string of the molecule is CC(=O)c1ccc(C(=O)N2CCCN(Cc3cccnc3)CC2)s1. The average molecular weight is 343 g/mol. The number of nitrogens with zero attached hydrogens (tertiary/aromatic N) is 3. The van der Waals surface area contributed by atoms with E-state index in [1.807, 2.05) is 17.2 Å². The summed E-state index contributed by atoms with van der Waals surface area (Å²) in [6, 6.07) is 7.54. The van der Waals surface area contributed by atoms with Crippen LogP contribution in [0.1, 0.15) is 38.3 Å². The first-order valence-corrected chi connectivity index (χ1v) is 8.96. The summed E-state index contributed by atoms with van der Waals surface area (Å²) >= 11 is 1.29. The van der Waals surface area contributed by atoms with Crippen LogP contribution in [0.2, 0.25) is 0 Å². The van der Waals surface area contributed by atoms with Crippen molar-refractivity contribution in [1.82, 2.24) is 14.8 Å². The van der Waals surface area contributed by atoms with Crippen molar-refractivity contribution in [3.63, 3.8) is 0 Å². The van der Waals surface area contributed by atoms with Gasteiger partial charge in [0.15, 0.2) is 5.78 Å². The molecule has 3 heterocycles. The maximum absolute atomic E-state index is 12.6. The van der Waals surface area contributed by atoms with Gasteiger partial charge in [-0.25, -0.2) is 0 Å². The van der Waals surface area contributed by atoms with Crippen molar-refractivity contribution in [3.8, 4) is 0 Å². The van der Waals surface area contributed by atoms with Crippen molar-refractivity contribution in [2.45, 2.75) is 19.9 Å². The summed E-state index contributed by atoms with van der Waals surface area (Å²) < 4.78 is 0. The van der Waals surface area contributed by atoms with Crippen LogP contribution in [0.3, 0.4) is 0 Å². The molecule has 0 atom stereocenters. The number of Topliss-reactive ketones (excluding diaryl/α,β-unsaturated/α-hetero) is 1. The van der Waals surface area contributed by atoms with Crippen LogP contribution in [-0.2, 0) is 6.54 Å². The van der Waals surface area contributed by atoms with Crippen LogP contribution in [0.5, 0.6) is 0 Å². The van der Waals surface area contributed by atoms with Crippen LogP contribution in [0, 0.1) is 0 Å². The molecule has 126 valence electrons. The molecule has 0 bridgehead atoms. The van der Waals surface area contributed by atoms with Crippen LogP contribution in [0.4, 0.5) is 0 Å². The Morgan fingerprint density at radius 1 is 1.12 bits per heavy atom. The minimum atomic E-state index is 0.0116. The molecule has 6 heteroatoms. The van der Waals surface area contributed by atoms with Crippen molar-refractivity contribution in [3.05, 3.63) is 52.0 Å². The lowest BCUT2D eigenvalue weighted by atomic mass is 10.2. The monoisotopic (exact) mass is 343 g/mol. The minimum absolute atomic E-state index is 0.0116. The molecule has 0 aromatic carbocycles. The normalized spacial score (nSPS) is 16.0. The predicted molar refractivity (Wildman–Crippen MR) is 94.4 cm³/mol. The van der Waals surface area contributed by atoms with Crippen LogP contribution in [-0.4, -0.2) is 52.7 Å². The molecule has 1 aliphatic rings. The second-order valence-corrected chi connectivity index (χ2v) is 7.09. The summed E-state index contributed by atoms with van der Waals surface area (Å²) in [5.74, 6) is 0.0493. The third-order valence-corrected chi connectivity index (χ3v) is 5.34. The van der Waals surface area contributed by atoms with E-state index in [-0.39, 0.29) is 11.7 Å². The van der Waals surface area contributed by atoms with Crippen molar-refractivity contribution in [1.29, 1.82) is 0 Å². The first-order chi connectivity index (χ1) is 11.6. The molecule has 0 unspecified atom stereocenters. The van der Waals surface area contributed by atoms with E-state index in [1.165, 1.54) is 23.8 Å². The Bertz CT molecular complexity index is 714. The number of rotatable bonds is 4. The number of thiophene rings is 1. The van der Waals surface area contributed by atoms with E-state index in [0.717, 1.165) is 32.6 Å². The number of pyridine rings is 1. The standard InChI is InChI=1S/C18H21N3O2S/c1-14(22)16-5-6-17(24-16)18(23)21-9-3-8-20(10-11-21)13-15-4-2-7-19-12-15/h2,4-7,12H,3,8-11,13H2,1H3. The Labute approximate surface area is 145 Å². The maximum Gasteiger partial charge on any atom is 0.263 e. The lowest BCUT2D eigenvalue weighted by Gasteiger charge is -2.21. The Balaban J connectivity index is 1.60. The van der Waals surface area contributed by atoms with Crippen LogP contribution in [0.15, 0.2) is 36.7 Å². The van der Waals surface area contributed by atoms with E-state index in [4.69, 9.17) is 0 Å². The number of amides is 1. The summed E-state index contributed by atoms with van der Waals surface area (Å²) in [7, 11) is 0. The summed E-state index contributed by atoms with van der Waals surface area (Å²) in [5.41, 5.74) is 1.20. The van der Waals surface area contributed by atoms with Gasteiger partial charge in [0.25, 0.3) is 5.91 Å². The Morgan fingerprint density at radius 2 is 1.96 bits per heavy atom. The van der Waals surface area contributed by atoms with Crippen LogP contribution >= 0.6 is 11.3 Å². The molecule has 1 saturated heterocycles. The van der Waals surface area contributed by atoms with Gasteiger partial charge in [-0.05, 0) is 37.1 Å². The molecule has 1 fully saturated rings. The molecule has 0 saturated carbocycles. The molecule has 1 amide bonds. The van der Waals surface area contributed by atoms with Gasteiger partial charge in [0.05, 0.1) is 9.75 Å². The van der Waals surface area contributed by atoms with E-state index in [0.29, 0.717) is 16.3 Å². The first kappa shape index (κ1) is 16.8. The Kier molecular flexibility index (Phi) is 5.37. The van der Waals surface area contributed by atoms with Gasteiger partial charge in [-0.1, -0.05) is 6.07 Å². The van der Waals surface area contributed by atoms with E-state index in [1.54, 1.807) is 18.3 Å². The molecule has 24 heavy (non-hydrogen) atoms. The number of aromatic nitrogens is 1. The smallest absolute Gasteiger partial charge is 0.263 e. The number of carbonyl (C=O) groups is 2. The lowest BCUT2D eigenvalue weighted by molar-refractivity contribution is 0.0766. The maximum atomic E-state index is 12.6. The zero-order valence-electron chi connectivity index (χ0n) is 13.8. The van der Waals surface area contributed by atoms with Crippen molar-refractivity contribution < 1.29 is 9.59 Å². The van der Waals surface area contributed by atoms with Gasteiger partial charge in [0.1, 0.15) is 0 Å². The van der Waals surface area contributed by atoms with Gasteiger partial charge in [0, 0.05) is 45.1 Å². The highest BCUT2D eigenvalue weighted by Crippen LogP contribution is 2.20. The minimum Gasteiger partial charge on any atom is -0.337 e. The fraction of sp³-hybridized carbons (Fsp3) is 0.389. The van der Waals surface area contributed by atoms with Crippen molar-refractivity contribution >= 4 is 23.0 Å². The topological polar surface area (TPSA) is 53.5 Å². The number of hydrogen-bond donors (Lipinski definition) is 0. The highest BCUT2D eigenvalue weighted by Gasteiger charge is 2.22. The van der Waals surface area contributed by atoms with Gasteiger partial charge in [-0.2, -0.15) is 0 Å². The van der Waals surface area contributed by atoms with Gasteiger partial charge in [0.2, 0.25) is 0 Å². The highest BCUT2D eigenvalue weighted by molar-refractivity contribution is 7.15. The van der Waals surface area contributed by atoms with Crippen LogP contribution < -0.4 is 0 Å². The molecular weight excluding hydrogens is 322 g/mol. The first-order valence-electron chi connectivity index (χ1n) is 8.15. The molecule has 1 aliphatic heterocycles. The van der Waals surface area contributed by atoms with E-state index >= 15 is 0 Å². The van der Waals surface area contributed by atoms with E-state index < -0.39 is 0 Å². The molecule has 3 rings (SSSR count). The van der Waals surface area contributed by atoms with Crippen LogP contribution in [0.25, 0.3) is 0 Å². The molecular formula is C18H21N3O2S. The molecule has 2 aromatic rings. The summed E-state index contributed by atoms with van der Waals surface area (Å²) in [6.45, 7) is 5.70. The summed E-state index contributed by atoms with van der Waals surface area (Å²) in [4.78, 5) is 33.8. The quantitative estimate of drug-likeness (QED) is 0.801. The molecule has 0 N–H and O–H groups in total. The fourth-order valence-corrected chi connectivity index (χ4v) is 3.75. The van der Waals surface area contributed by atoms with E-state index in [9.17, 15) is 9.59 Å². The number of carbonyl (C=O) groups excluding carboxylic acids is 2. The van der Waals surface area contributed by atoms with Gasteiger partial charge in [-0.3, -0.25) is 19.5 Å². The van der Waals surface area contributed by atoms with Crippen molar-refractivity contribution in [2.75, 3.05) is 26.2 Å². The molecule has 2 aromatic heterocycles. The predicted octanol–water partition coefficient (Wildman–Crippen LogP) is 2.69. The van der Waals surface area contributed by atoms with E-state index in [2.05, 4.69) is 16.0 Å². The number of hydrogen-bond acceptors (Lipinski definition) is 5. The summed E-state index contributed by atoms with van der Waals surface area (Å²) in [6.07, 6.45) is 4.63. The summed E-state index contributed by atoms with van der Waals surface area (Å²) in [5, 5.41) is 0. The molecule has 5 nitrogen and oxygen atoms in total. The molecule has 0 spiro atoms. The fourth-order valence-electron chi connectivity index (χ4n) is 2.88.